The summed E-state index contributed by atoms with van der Waals surface area (Å²) in [5, 5.41) is 17.7. The van der Waals surface area contributed by atoms with Crippen LogP contribution in [0.4, 0.5) is 24.5 Å². The fourth-order valence-electron chi connectivity index (χ4n) is 4.09. The highest BCUT2D eigenvalue weighted by molar-refractivity contribution is 7.21. The number of halogens is 4. The molecule has 0 unspecified atom stereocenters. The fraction of sp³-hybridized carbons (Fsp3) is 0.111. The molecule has 2 amide bonds. The number of aromatic nitrogens is 3. The fourth-order valence-corrected chi connectivity index (χ4v) is 5.32. The molecule has 16 heteroatoms. The summed E-state index contributed by atoms with van der Waals surface area (Å²) in [4.78, 5) is 39.2. The number of fused-ring (bicyclic) bond motifs is 1. The number of ether oxygens (including phenoxy) is 1. The molecule has 3 aromatic heterocycles. The van der Waals surface area contributed by atoms with Crippen molar-refractivity contribution in [2.75, 3.05) is 5.32 Å². The Hall–Kier alpha value is -5.02. The number of nitrogens with one attached hydrogen (secondary N) is 1. The van der Waals surface area contributed by atoms with Crippen LogP contribution in [0, 0.1) is 17.0 Å². The molecule has 3 heterocycles. The maximum absolute atomic E-state index is 13.7. The summed E-state index contributed by atoms with van der Waals surface area (Å²) in [6, 6.07) is 12.5. The van der Waals surface area contributed by atoms with Crippen molar-refractivity contribution in [1.29, 1.82) is 0 Å². The van der Waals surface area contributed by atoms with Crippen molar-refractivity contribution < 1.29 is 32.4 Å². The molecule has 0 spiro atoms. The molecular weight excluding hydrogens is 613 g/mol. The van der Waals surface area contributed by atoms with Crippen LogP contribution in [-0.2, 0) is 12.9 Å². The number of pyridine rings is 1. The summed E-state index contributed by atoms with van der Waals surface area (Å²) >= 11 is 6.66. The number of aryl methyl sites for hydroxylation is 1. The smallest absolute Gasteiger partial charge is 0.433 e. The Labute approximate surface area is 248 Å². The second kappa shape index (κ2) is 11.3. The molecular formula is C27H18ClF3N6O5S. The lowest BCUT2D eigenvalue weighted by molar-refractivity contribution is -0.384. The average Bonchev–Trinajstić information content (AvgIpc) is 3.57. The maximum atomic E-state index is 13.7. The van der Waals surface area contributed by atoms with E-state index in [1.165, 1.54) is 29.1 Å². The summed E-state index contributed by atoms with van der Waals surface area (Å²) < 4.78 is 48.0. The predicted octanol–water partition coefficient (Wildman–Crippen LogP) is 6.44. The first-order valence-electron chi connectivity index (χ1n) is 12.1. The van der Waals surface area contributed by atoms with Gasteiger partial charge in [0.1, 0.15) is 21.2 Å². The summed E-state index contributed by atoms with van der Waals surface area (Å²) in [7, 11) is 0. The predicted molar refractivity (Wildman–Crippen MR) is 152 cm³/mol. The van der Waals surface area contributed by atoms with E-state index in [0.29, 0.717) is 16.9 Å². The molecule has 0 atom stereocenters. The van der Waals surface area contributed by atoms with Gasteiger partial charge in [-0.25, -0.2) is 9.67 Å². The van der Waals surface area contributed by atoms with Crippen molar-refractivity contribution >= 4 is 56.3 Å². The van der Waals surface area contributed by atoms with E-state index >= 15 is 0 Å². The molecule has 5 aromatic rings. The normalized spacial score (nSPS) is 11.5. The summed E-state index contributed by atoms with van der Waals surface area (Å²) in [5.41, 5.74) is 5.31. The van der Waals surface area contributed by atoms with Gasteiger partial charge in [-0.05, 0) is 36.2 Å². The van der Waals surface area contributed by atoms with Crippen LogP contribution in [-0.4, -0.2) is 31.5 Å². The van der Waals surface area contributed by atoms with Crippen LogP contribution in [0.2, 0.25) is 5.02 Å². The van der Waals surface area contributed by atoms with Gasteiger partial charge in [0.25, 0.3) is 17.5 Å². The minimum atomic E-state index is -4.78. The molecule has 0 radical (unpaired) electrons. The van der Waals surface area contributed by atoms with Crippen LogP contribution < -0.4 is 15.8 Å². The zero-order chi connectivity index (χ0) is 31.1. The van der Waals surface area contributed by atoms with Crippen LogP contribution in [0.15, 0.2) is 60.8 Å². The number of benzene rings is 2. The molecule has 0 bridgehead atoms. The van der Waals surface area contributed by atoms with E-state index < -0.39 is 28.6 Å². The lowest BCUT2D eigenvalue weighted by Gasteiger charge is -2.12. The molecule has 0 saturated carbocycles. The zero-order valence-electron chi connectivity index (χ0n) is 21.8. The van der Waals surface area contributed by atoms with Crippen LogP contribution >= 0.6 is 22.9 Å². The summed E-state index contributed by atoms with van der Waals surface area (Å²) in [6.45, 7) is 1.60. The number of nitro groups is 1. The third-order valence-electron chi connectivity index (χ3n) is 6.13. The second-order valence-electron chi connectivity index (χ2n) is 9.11. The van der Waals surface area contributed by atoms with Gasteiger partial charge in [-0.2, -0.15) is 18.3 Å². The SMILES string of the molecule is Cc1ccc(-c2cc(C(F)(F)F)nc3sc(C(N)=O)c(NC(=O)c4ccn(COc5ccc([N+](=O)[O-])cc5Cl)n4)c23)cc1. The number of hydrogen-bond acceptors (Lipinski definition) is 8. The van der Waals surface area contributed by atoms with Crippen molar-refractivity contribution in [2.45, 2.75) is 19.8 Å². The summed E-state index contributed by atoms with van der Waals surface area (Å²) in [5.74, 6) is -1.62. The Balaban J connectivity index is 1.48. The lowest BCUT2D eigenvalue weighted by Crippen LogP contribution is -2.18. The maximum Gasteiger partial charge on any atom is 0.433 e. The van der Waals surface area contributed by atoms with Gasteiger partial charge in [0.15, 0.2) is 12.4 Å². The number of nitro benzene ring substituents is 1. The van der Waals surface area contributed by atoms with Crippen molar-refractivity contribution in [3.63, 3.8) is 0 Å². The molecule has 0 aliphatic rings. The number of primary amides is 1. The first-order chi connectivity index (χ1) is 20.3. The van der Waals surface area contributed by atoms with E-state index in [-0.39, 0.29) is 55.2 Å². The number of amides is 2. The molecule has 43 heavy (non-hydrogen) atoms. The van der Waals surface area contributed by atoms with Crippen molar-refractivity contribution in [3.8, 4) is 16.9 Å². The van der Waals surface area contributed by atoms with Crippen LogP contribution in [0.1, 0.15) is 31.4 Å². The quantitative estimate of drug-likeness (QED) is 0.148. The molecule has 2 aromatic carbocycles. The second-order valence-corrected chi connectivity index (χ2v) is 10.5. The van der Waals surface area contributed by atoms with Crippen molar-refractivity contribution in [2.24, 2.45) is 5.73 Å². The summed E-state index contributed by atoms with van der Waals surface area (Å²) in [6.07, 6.45) is -3.37. The molecule has 0 aliphatic heterocycles. The number of rotatable bonds is 8. The van der Waals surface area contributed by atoms with E-state index in [9.17, 15) is 32.9 Å². The third kappa shape index (κ3) is 6.12. The van der Waals surface area contributed by atoms with E-state index in [0.717, 1.165) is 17.7 Å². The molecule has 220 valence electrons. The molecule has 3 N–H and O–H groups in total. The Morgan fingerprint density at radius 1 is 1.16 bits per heavy atom. The minimum absolute atomic E-state index is 0.00527. The topological polar surface area (TPSA) is 155 Å². The number of carbonyl (C=O) groups is 2. The van der Waals surface area contributed by atoms with Gasteiger partial charge in [-0.3, -0.25) is 19.7 Å². The number of hydrogen-bond donors (Lipinski definition) is 2. The molecule has 0 saturated heterocycles. The largest absolute Gasteiger partial charge is 0.470 e. The first kappa shape index (κ1) is 29.5. The Bertz CT molecular complexity index is 1910. The minimum Gasteiger partial charge on any atom is -0.470 e. The number of anilines is 1. The monoisotopic (exact) mass is 630 g/mol. The lowest BCUT2D eigenvalue weighted by atomic mass is 10.00. The highest BCUT2D eigenvalue weighted by Gasteiger charge is 2.35. The van der Waals surface area contributed by atoms with Gasteiger partial charge >= 0.3 is 6.18 Å². The number of carbonyl (C=O) groups excluding carboxylic acids is 2. The molecule has 0 fully saturated rings. The third-order valence-corrected chi connectivity index (χ3v) is 7.52. The van der Waals surface area contributed by atoms with E-state index in [1.54, 1.807) is 24.3 Å². The molecule has 0 aliphatic carbocycles. The highest BCUT2D eigenvalue weighted by Crippen LogP contribution is 2.43. The highest BCUT2D eigenvalue weighted by atomic mass is 35.5. The van der Waals surface area contributed by atoms with Crippen molar-refractivity contribution in [3.05, 3.63) is 97.8 Å². The Morgan fingerprint density at radius 2 is 1.88 bits per heavy atom. The standard InChI is InChI=1S/C27H18ClF3N6O5S/c1-13-2-4-14(5-3-13)16-11-20(27(29,30)31)33-26-21(16)22(23(43-26)24(32)38)34-25(39)18-8-9-36(35-18)12-42-19-7-6-15(37(40)41)10-17(19)28/h2-11H,12H2,1H3,(H2,32,38)(H,34,39). The van der Waals surface area contributed by atoms with Crippen LogP contribution in [0.5, 0.6) is 5.75 Å². The van der Waals surface area contributed by atoms with Gasteiger partial charge in [0.05, 0.1) is 15.6 Å². The number of nitrogens with zero attached hydrogens (tertiary/aromatic N) is 4. The number of thiophene rings is 1. The Morgan fingerprint density at radius 3 is 2.51 bits per heavy atom. The van der Waals surface area contributed by atoms with Gasteiger partial charge in [0.2, 0.25) is 0 Å². The van der Waals surface area contributed by atoms with Gasteiger partial charge in [-0.15, -0.1) is 11.3 Å². The number of alkyl halides is 3. The van der Waals surface area contributed by atoms with Gasteiger partial charge in [0, 0.05) is 23.7 Å². The average molecular weight is 631 g/mol. The van der Waals surface area contributed by atoms with Crippen molar-refractivity contribution in [1.82, 2.24) is 14.8 Å². The first-order valence-corrected chi connectivity index (χ1v) is 13.3. The van der Waals surface area contributed by atoms with E-state index in [4.69, 9.17) is 22.1 Å². The molecule has 5 rings (SSSR count). The number of nitrogens with two attached hydrogens (primary N) is 1. The zero-order valence-corrected chi connectivity index (χ0v) is 23.4. The van der Waals surface area contributed by atoms with Crippen LogP contribution in [0.3, 0.4) is 0 Å². The molecule has 11 nitrogen and oxygen atoms in total. The van der Waals surface area contributed by atoms with Gasteiger partial charge in [-0.1, -0.05) is 41.4 Å². The van der Waals surface area contributed by atoms with Crippen LogP contribution in [0.25, 0.3) is 21.3 Å². The van der Waals surface area contributed by atoms with E-state index in [1.807, 2.05) is 6.92 Å². The van der Waals surface area contributed by atoms with Gasteiger partial charge < -0.3 is 15.8 Å². The Kier molecular flexibility index (Phi) is 7.77. The van der Waals surface area contributed by atoms with E-state index in [2.05, 4.69) is 15.4 Å². The number of non-ortho nitro benzene ring substituents is 1.